The van der Waals surface area contributed by atoms with Crippen molar-refractivity contribution in [2.24, 2.45) is 5.73 Å². The lowest BCUT2D eigenvalue weighted by Crippen LogP contribution is -2.32. The highest BCUT2D eigenvalue weighted by atomic mass is 35.5. The van der Waals surface area contributed by atoms with Gasteiger partial charge in [-0.25, -0.2) is 48.4 Å². The minimum absolute atomic E-state index is 0. The van der Waals surface area contributed by atoms with Crippen molar-refractivity contribution in [3.05, 3.63) is 114 Å². The summed E-state index contributed by atoms with van der Waals surface area (Å²) in [5, 5.41) is 11.8. The lowest BCUT2D eigenvalue weighted by molar-refractivity contribution is 0.0533. The lowest BCUT2D eigenvalue weighted by atomic mass is 10.1. The Bertz CT molecular complexity index is 2510. The first-order chi connectivity index (χ1) is 28.2. The van der Waals surface area contributed by atoms with Gasteiger partial charge in [-0.3, -0.25) is 0 Å². The van der Waals surface area contributed by atoms with Crippen molar-refractivity contribution in [1.82, 2.24) is 33.5 Å². The van der Waals surface area contributed by atoms with Crippen molar-refractivity contribution >= 4 is 85.0 Å². The highest BCUT2D eigenvalue weighted by molar-refractivity contribution is 7.89. The molecule has 1 amide bonds. The molecule has 14 nitrogen and oxygen atoms in total. The molecule has 0 bridgehead atoms. The molecule has 0 aliphatic heterocycles. The van der Waals surface area contributed by atoms with Gasteiger partial charge in [-0.1, -0.05) is 58.5 Å². The summed E-state index contributed by atoms with van der Waals surface area (Å²) < 4.78 is 87.2. The number of nitrogens with one attached hydrogen (secondary N) is 1. The molecule has 4 aromatic rings. The highest BCUT2D eigenvalue weighted by Gasteiger charge is 2.24. The van der Waals surface area contributed by atoms with Crippen LogP contribution in [0.4, 0.5) is 13.6 Å². The molecule has 344 valence electrons. The summed E-state index contributed by atoms with van der Waals surface area (Å²) >= 11 is 25.2. The number of benzene rings is 2. The number of nitrogens with zero attached hydrogens (tertiary/aromatic N) is 6. The predicted molar refractivity (Wildman–Crippen MR) is 243 cm³/mol. The van der Waals surface area contributed by atoms with Gasteiger partial charge in [-0.05, 0) is 82.2 Å². The van der Waals surface area contributed by atoms with E-state index in [4.69, 9.17) is 56.9 Å². The molecular formula is C39H51Cl5F2N8O6S2. The van der Waals surface area contributed by atoms with Crippen molar-refractivity contribution in [2.45, 2.75) is 75.9 Å². The number of hydrogen-bond donors (Lipinski definition) is 2. The summed E-state index contributed by atoms with van der Waals surface area (Å²) in [5.74, 6) is -0.956. The third-order valence-corrected chi connectivity index (χ3v) is 14.0. The first-order valence-corrected chi connectivity index (χ1v) is 22.8. The van der Waals surface area contributed by atoms with E-state index < -0.39 is 43.4 Å². The molecule has 23 heteroatoms. The monoisotopic (exact) mass is 1000 g/mol. The fourth-order valence-electron chi connectivity index (χ4n) is 5.42. The zero-order valence-corrected chi connectivity index (χ0v) is 41.0. The topological polar surface area (TPSA) is 175 Å². The molecule has 3 N–H and O–H groups in total. The van der Waals surface area contributed by atoms with Gasteiger partial charge in [-0.2, -0.15) is 10.2 Å². The number of halogens is 7. The molecule has 4 rings (SSSR count). The summed E-state index contributed by atoms with van der Waals surface area (Å²) in [6.45, 7) is 8.45. The number of allylic oxidation sites excluding steroid dienone is 2. The molecule has 0 atom stereocenters. The Labute approximate surface area is 388 Å². The fraction of sp³-hybridized carbons (Fsp3) is 0.410. The van der Waals surface area contributed by atoms with E-state index in [9.17, 15) is 30.4 Å². The van der Waals surface area contributed by atoms with Gasteiger partial charge >= 0.3 is 6.09 Å². The average molecular weight is 1010 g/mol. The zero-order chi connectivity index (χ0) is 46.2. The van der Waals surface area contributed by atoms with E-state index >= 15 is 0 Å². The predicted octanol–water partition coefficient (Wildman–Crippen LogP) is 8.29. The molecule has 0 saturated carbocycles. The van der Waals surface area contributed by atoms with Crippen molar-refractivity contribution < 1.29 is 35.1 Å². The fourth-order valence-corrected chi connectivity index (χ4v) is 8.89. The van der Waals surface area contributed by atoms with Gasteiger partial charge in [0.05, 0.1) is 34.5 Å². The Balaban J connectivity index is 0.000000430. The molecule has 62 heavy (non-hydrogen) atoms. The first-order valence-electron chi connectivity index (χ1n) is 18.4. The Morgan fingerprint density at radius 2 is 1.16 bits per heavy atom. The van der Waals surface area contributed by atoms with E-state index in [1.165, 1.54) is 61.8 Å². The molecule has 0 saturated heterocycles. The SMILES string of the molecule is Cc1nn(C/C(F)=C/CN)c(Cl)c1Cc1ccc(S(=O)(=O)N(C)C)c(Cl)c1.Cc1nn(C/C(F)=C/CNC(=O)OC(C)(C)C)c(Cl)c1Cc1ccc(S(=O)(=O)N(C)C)c(Cl)c1.Cl. The number of rotatable bonds is 15. The van der Waals surface area contributed by atoms with Gasteiger partial charge in [0.1, 0.15) is 37.4 Å². The van der Waals surface area contributed by atoms with Crippen LogP contribution in [0, 0.1) is 13.8 Å². The number of ether oxygens (including phenoxy) is 1. The van der Waals surface area contributed by atoms with Gasteiger partial charge in [-0.15, -0.1) is 12.4 Å². The molecule has 2 aromatic carbocycles. The van der Waals surface area contributed by atoms with Gasteiger partial charge in [0.15, 0.2) is 0 Å². The van der Waals surface area contributed by atoms with E-state index in [1.54, 1.807) is 58.9 Å². The number of aryl methyl sites for hydroxylation is 2. The van der Waals surface area contributed by atoms with Crippen LogP contribution in [0.5, 0.6) is 0 Å². The Morgan fingerprint density at radius 1 is 0.774 bits per heavy atom. The Morgan fingerprint density at radius 3 is 1.50 bits per heavy atom. The van der Waals surface area contributed by atoms with Crippen molar-refractivity contribution in [3.63, 3.8) is 0 Å². The summed E-state index contributed by atoms with van der Waals surface area (Å²) in [6, 6.07) is 9.38. The van der Waals surface area contributed by atoms with Crippen LogP contribution in [0.3, 0.4) is 0 Å². The second-order valence-electron chi connectivity index (χ2n) is 14.9. The average Bonchev–Trinajstić information content (AvgIpc) is 3.54. The van der Waals surface area contributed by atoms with Crippen LogP contribution in [0.2, 0.25) is 20.4 Å². The minimum Gasteiger partial charge on any atom is -0.444 e. The number of sulfonamides is 2. The van der Waals surface area contributed by atoms with Crippen LogP contribution in [-0.2, 0) is 50.7 Å². The summed E-state index contributed by atoms with van der Waals surface area (Å²) in [4.78, 5) is 11.7. The molecule has 2 heterocycles. The molecule has 2 aromatic heterocycles. The maximum absolute atomic E-state index is 14.4. The van der Waals surface area contributed by atoms with Crippen molar-refractivity contribution in [1.29, 1.82) is 0 Å². The van der Waals surface area contributed by atoms with E-state index in [2.05, 4.69) is 15.5 Å². The van der Waals surface area contributed by atoms with Gasteiger partial charge in [0, 0.05) is 65.2 Å². The summed E-state index contributed by atoms with van der Waals surface area (Å²) in [7, 11) is -1.56. The summed E-state index contributed by atoms with van der Waals surface area (Å²) in [6.07, 6.45) is 2.54. The largest absolute Gasteiger partial charge is 0.444 e. The third kappa shape index (κ3) is 14.9. The molecule has 0 aliphatic rings. The second kappa shape index (κ2) is 23.1. The lowest BCUT2D eigenvalue weighted by Gasteiger charge is -2.19. The molecule has 0 radical (unpaired) electrons. The summed E-state index contributed by atoms with van der Waals surface area (Å²) in [5.41, 5.74) is 8.79. The molecule has 0 spiro atoms. The van der Waals surface area contributed by atoms with Gasteiger partial charge in [0.25, 0.3) is 0 Å². The van der Waals surface area contributed by atoms with Crippen LogP contribution < -0.4 is 11.1 Å². The molecule has 0 aliphatic carbocycles. The van der Waals surface area contributed by atoms with E-state index in [1.807, 2.05) is 0 Å². The quantitative estimate of drug-likeness (QED) is 0.119. The normalized spacial score (nSPS) is 12.6. The first kappa shape index (κ1) is 54.8. The number of alkyl carbamates (subject to hydrolysis) is 1. The molecule has 0 fully saturated rings. The number of carbonyl (C=O) groups excluding carboxylic acids is 1. The van der Waals surface area contributed by atoms with E-state index in [-0.39, 0.29) is 63.6 Å². The molecule has 0 unspecified atom stereocenters. The Kier molecular flexibility index (Phi) is 20.4. The van der Waals surface area contributed by atoms with E-state index in [0.29, 0.717) is 34.9 Å². The second-order valence-corrected chi connectivity index (χ2v) is 20.7. The number of amides is 1. The third-order valence-electron chi connectivity index (χ3n) is 8.55. The van der Waals surface area contributed by atoms with Crippen LogP contribution >= 0.6 is 58.8 Å². The van der Waals surface area contributed by atoms with Crippen LogP contribution in [0.25, 0.3) is 0 Å². The number of hydrogen-bond acceptors (Lipinski definition) is 9. The van der Waals surface area contributed by atoms with Crippen molar-refractivity contribution in [3.8, 4) is 0 Å². The minimum atomic E-state index is -3.67. The number of aromatic nitrogens is 4. The number of nitrogens with two attached hydrogens (primary N) is 1. The molecular weight excluding hydrogens is 956 g/mol. The highest BCUT2D eigenvalue weighted by Crippen LogP contribution is 2.30. The maximum Gasteiger partial charge on any atom is 0.407 e. The van der Waals surface area contributed by atoms with Crippen molar-refractivity contribution in [2.75, 3.05) is 41.3 Å². The zero-order valence-electron chi connectivity index (χ0n) is 35.6. The van der Waals surface area contributed by atoms with Crippen LogP contribution in [0.1, 0.15) is 54.4 Å². The number of carbonyl (C=O) groups is 1. The van der Waals surface area contributed by atoms with Gasteiger partial charge in [0.2, 0.25) is 20.0 Å². The van der Waals surface area contributed by atoms with E-state index in [0.717, 1.165) is 25.3 Å². The van der Waals surface area contributed by atoms with Crippen LogP contribution in [-0.4, -0.2) is 98.0 Å². The smallest absolute Gasteiger partial charge is 0.407 e. The maximum atomic E-state index is 14.4. The van der Waals surface area contributed by atoms with Crippen LogP contribution in [0.15, 0.2) is 70.0 Å². The Hall–Kier alpha value is -3.30. The van der Waals surface area contributed by atoms with Gasteiger partial charge < -0.3 is 15.8 Å². The standard InChI is InChI=1S/C22H29Cl2FN4O4S.C17H21Cl2FN4O2S.ClH/c1-14-17(11-15-7-8-19(18(23)12-15)34(31,32)28(5)6)20(24)29(27-14)13-16(25)9-10-26-21(30)33-22(2,3)4;1-11-14(17(19)24(22-11)10-13(20)6-7-21)8-12-4-5-16(15(18)9-12)27(25,26)23(2)3;/h7-9,12H,10-11,13H2,1-6H3,(H,26,30);4-6,9H,7-8,10,21H2,1-3H3;1H/b16-9-;13-6-;.